The number of aromatic amines is 2. The fourth-order valence-electron chi connectivity index (χ4n) is 3.41. The molecule has 0 bridgehead atoms. The third kappa shape index (κ3) is 3.30. The molecule has 5 aromatic rings. The highest BCUT2D eigenvalue weighted by Gasteiger charge is 2.13. The van der Waals surface area contributed by atoms with Gasteiger partial charge in [0.2, 0.25) is 0 Å². The number of aryl methyl sites for hydroxylation is 1. The molecule has 5 rings (SSSR count). The highest BCUT2D eigenvalue weighted by Crippen LogP contribution is 2.27. The van der Waals surface area contributed by atoms with Crippen molar-refractivity contribution in [3.8, 4) is 17.6 Å². The first-order valence-corrected chi connectivity index (χ1v) is 9.38. The molecule has 8 nitrogen and oxygen atoms in total. The molecule has 0 radical (unpaired) electrons. The standard InChI is InChI=1S/C21H18N8/c22-12-14-2-4-17-16(10-14)20(28-27-17)21-25-18-5-3-15(11-19(18)26-21)24-6-1-8-29-9-7-23-13-29/h2-5,7,9-11,13,24H,1,6,8H2,(H,25,26)(H,27,28). The van der Waals surface area contributed by atoms with Gasteiger partial charge in [0.1, 0.15) is 5.69 Å². The summed E-state index contributed by atoms with van der Waals surface area (Å²) in [6.07, 6.45) is 6.59. The second-order valence-electron chi connectivity index (χ2n) is 6.84. The van der Waals surface area contributed by atoms with Gasteiger partial charge in [-0.1, -0.05) is 0 Å². The minimum atomic E-state index is 0.596. The quantitative estimate of drug-likeness (QED) is 0.388. The fraction of sp³-hybridized carbons (Fsp3) is 0.143. The zero-order valence-electron chi connectivity index (χ0n) is 15.6. The molecule has 0 aliphatic rings. The number of hydrogen-bond acceptors (Lipinski definition) is 5. The van der Waals surface area contributed by atoms with Crippen LogP contribution in [0.4, 0.5) is 5.69 Å². The Morgan fingerprint density at radius 2 is 2.10 bits per heavy atom. The van der Waals surface area contributed by atoms with Crippen LogP contribution in [-0.2, 0) is 6.54 Å². The Bertz CT molecular complexity index is 1320. The smallest absolute Gasteiger partial charge is 0.159 e. The third-order valence-electron chi connectivity index (χ3n) is 4.88. The fourth-order valence-corrected chi connectivity index (χ4v) is 3.41. The molecule has 0 aliphatic heterocycles. The Labute approximate surface area is 166 Å². The molecular weight excluding hydrogens is 364 g/mol. The van der Waals surface area contributed by atoms with Crippen LogP contribution in [0.5, 0.6) is 0 Å². The number of H-pyrrole nitrogens is 2. The first kappa shape index (κ1) is 17.0. The number of anilines is 1. The third-order valence-corrected chi connectivity index (χ3v) is 4.88. The molecule has 142 valence electrons. The van der Waals surface area contributed by atoms with E-state index in [0.29, 0.717) is 17.1 Å². The van der Waals surface area contributed by atoms with E-state index in [9.17, 15) is 0 Å². The first-order valence-electron chi connectivity index (χ1n) is 9.38. The molecule has 0 aliphatic carbocycles. The summed E-state index contributed by atoms with van der Waals surface area (Å²) in [5.74, 6) is 0.679. The van der Waals surface area contributed by atoms with Gasteiger partial charge in [-0.25, -0.2) is 9.97 Å². The number of nitriles is 1. The number of nitrogens with zero attached hydrogens (tertiary/aromatic N) is 5. The van der Waals surface area contributed by atoms with Crippen molar-refractivity contribution >= 4 is 27.6 Å². The van der Waals surface area contributed by atoms with Crippen LogP contribution in [0.1, 0.15) is 12.0 Å². The second-order valence-corrected chi connectivity index (χ2v) is 6.84. The van der Waals surface area contributed by atoms with Crippen LogP contribution in [0.25, 0.3) is 33.5 Å². The molecule has 29 heavy (non-hydrogen) atoms. The average molecular weight is 382 g/mol. The zero-order chi connectivity index (χ0) is 19.6. The van der Waals surface area contributed by atoms with Crippen LogP contribution in [0.2, 0.25) is 0 Å². The average Bonchev–Trinajstić information content (AvgIpc) is 3.49. The van der Waals surface area contributed by atoms with Gasteiger partial charge in [-0.2, -0.15) is 10.4 Å². The largest absolute Gasteiger partial charge is 0.385 e. The lowest BCUT2D eigenvalue weighted by Crippen LogP contribution is -2.05. The Kier molecular flexibility index (Phi) is 4.18. The van der Waals surface area contributed by atoms with Gasteiger partial charge in [0.15, 0.2) is 5.82 Å². The van der Waals surface area contributed by atoms with Crippen LogP contribution in [-0.4, -0.2) is 36.3 Å². The van der Waals surface area contributed by atoms with Gasteiger partial charge in [0.05, 0.1) is 34.5 Å². The zero-order valence-corrected chi connectivity index (χ0v) is 15.6. The molecule has 0 fully saturated rings. The number of imidazole rings is 2. The number of benzene rings is 2. The Balaban J connectivity index is 1.36. The summed E-state index contributed by atoms with van der Waals surface area (Å²) in [6, 6.07) is 13.7. The van der Waals surface area contributed by atoms with Gasteiger partial charge < -0.3 is 14.9 Å². The summed E-state index contributed by atoms with van der Waals surface area (Å²) in [5, 5.41) is 20.9. The minimum Gasteiger partial charge on any atom is -0.385 e. The highest BCUT2D eigenvalue weighted by atomic mass is 15.1. The molecule has 3 heterocycles. The van der Waals surface area contributed by atoms with Crippen molar-refractivity contribution in [1.29, 1.82) is 5.26 Å². The van der Waals surface area contributed by atoms with E-state index in [2.05, 4.69) is 47.2 Å². The maximum Gasteiger partial charge on any atom is 0.159 e. The molecule has 3 aromatic heterocycles. The van der Waals surface area contributed by atoms with E-state index in [1.54, 1.807) is 12.3 Å². The van der Waals surface area contributed by atoms with Gasteiger partial charge in [-0.3, -0.25) is 5.10 Å². The highest BCUT2D eigenvalue weighted by molar-refractivity contribution is 5.94. The summed E-state index contributed by atoms with van der Waals surface area (Å²) >= 11 is 0. The number of nitrogens with one attached hydrogen (secondary N) is 3. The van der Waals surface area contributed by atoms with E-state index in [4.69, 9.17) is 5.26 Å². The van der Waals surface area contributed by atoms with Crippen molar-refractivity contribution in [2.75, 3.05) is 11.9 Å². The SMILES string of the molecule is N#Cc1ccc2[nH]nc(-c3nc4ccc(NCCCn5ccnc5)cc4[nH]3)c2c1. The van der Waals surface area contributed by atoms with E-state index in [1.807, 2.05) is 36.8 Å². The van der Waals surface area contributed by atoms with Crippen molar-refractivity contribution < 1.29 is 0 Å². The molecule has 8 heteroatoms. The van der Waals surface area contributed by atoms with E-state index < -0.39 is 0 Å². The molecule has 2 aromatic carbocycles. The Hall–Kier alpha value is -4.12. The first-order chi connectivity index (χ1) is 14.3. The number of aromatic nitrogens is 6. The summed E-state index contributed by atoms with van der Waals surface area (Å²) in [6.45, 7) is 1.80. The Morgan fingerprint density at radius 1 is 1.14 bits per heavy atom. The van der Waals surface area contributed by atoms with Crippen molar-refractivity contribution in [3.63, 3.8) is 0 Å². The van der Waals surface area contributed by atoms with Crippen LogP contribution < -0.4 is 5.32 Å². The molecule has 3 N–H and O–H groups in total. The van der Waals surface area contributed by atoms with Gasteiger partial charge >= 0.3 is 0 Å². The summed E-state index contributed by atoms with van der Waals surface area (Å²) < 4.78 is 2.07. The maximum atomic E-state index is 9.17. The van der Waals surface area contributed by atoms with Crippen LogP contribution in [0.15, 0.2) is 55.1 Å². The van der Waals surface area contributed by atoms with E-state index in [1.165, 1.54) is 0 Å². The maximum absolute atomic E-state index is 9.17. The van der Waals surface area contributed by atoms with E-state index >= 15 is 0 Å². The topological polar surface area (TPSA) is 111 Å². The molecule has 0 amide bonds. The van der Waals surface area contributed by atoms with Crippen LogP contribution >= 0.6 is 0 Å². The van der Waals surface area contributed by atoms with Crippen molar-refractivity contribution in [2.45, 2.75) is 13.0 Å². The Morgan fingerprint density at radius 3 is 2.97 bits per heavy atom. The molecule has 0 unspecified atom stereocenters. The molecule has 0 spiro atoms. The lowest BCUT2D eigenvalue weighted by Gasteiger charge is -2.06. The van der Waals surface area contributed by atoms with Gasteiger partial charge in [0, 0.05) is 36.6 Å². The van der Waals surface area contributed by atoms with Crippen LogP contribution in [0.3, 0.4) is 0 Å². The van der Waals surface area contributed by atoms with Crippen LogP contribution in [0, 0.1) is 11.3 Å². The normalized spacial score (nSPS) is 11.1. The van der Waals surface area contributed by atoms with Gasteiger partial charge in [-0.15, -0.1) is 0 Å². The monoisotopic (exact) mass is 382 g/mol. The molecule has 0 saturated carbocycles. The predicted octanol–water partition coefficient (Wildman–Crippen LogP) is 3.68. The van der Waals surface area contributed by atoms with Crippen molar-refractivity contribution in [1.82, 2.24) is 29.7 Å². The molecule has 0 saturated heterocycles. The van der Waals surface area contributed by atoms with E-state index in [0.717, 1.165) is 47.1 Å². The summed E-state index contributed by atoms with van der Waals surface area (Å²) in [7, 11) is 0. The lowest BCUT2D eigenvalue weighted by atomic mass is 10.1. The lowest BCUT2D eigenvalue weighted by molar-refractivity contribution is 0.661. The summed E-state index contributed by atoms with van der Waals surface area (Å²) in [5.41, 5.74) is 5.03. The minimum absolute atomic E-state index is 0.596. The molecular formula is C21H18N8. The van der Waals surface area contributed by atoms with Crippen molar-refractivity contribution in [2.24, 2.45) is 0 Å². The predicted molar refractivity (Wildman–Crippen MR) is 111 cm³/mol. The van der Waals surface area contributed by atoms with Gasteiger partial charge in [0.25, 0.3) is 0 Å². The number of fused-ring (bicyclic) bond motifs is 2. The van der Waals surface area contributed by atoms with Crippen molar-refractivity contribution in [3.05, 3.63) is 60.7 Å². The number of rotatable bonds is 6. The second kappa shape index (κ2) is 7.13. The number of hydrogen-bond donors (Lipinski definition) is 3. The molecule has 0 atom stereocenters. The summed E-state index contributed by atoms with van der Waals surface area (Å²) in [4.78, 5) is 12.1. The van der Waals surface area contributed by atoms with E-state index in [-0.39, 0.29) is 0 Å². The van der Waals surface area contributed by atoms with Gasteiger partial charge in [-0.05, 0) is 42.8 Å².